The first kappa shape index (κ1) is 19.1. The van der Waals surface area contributed by atoms with Gasteiger partial charge in [-0.25, -0.2) is 12.8 Å². The molecular formula is C12H16BrCl2FN2O2S. The molecule has 1 aromatic rings. The fraction of sp³-hybridized carbons (Fsp3) is 0.500. The molecule has 1 aliphatic heterocycles. The molecule has 2 rings (SSSR count). The maximum atomic E-state index is 14.0. The zero-order valence-corrected chi connectivity index (χ0v) is 15.2. The van der Waals surface area contributed by atoms with E-state index >= 15 is 0 Å². The van der Waals surface area contributed by atoms with Gasteiger partial charge < -0.3 is 5.32 Å². The first-order valence-electron chi connectivity index (χ1n) is 6.19. The Morgan fingerprint density at radius 1 is 1.52 bits per heavy atom. The number of benzene rings is 1. The zero-order chi connectivity index (χ0) is 14.9. The molecule has 1 unspecified atom stereocenters. The van der Waals surface area contributed by atoms with Gasteiger partial charge in [-0.2, -0.15) is 4.31 Å². The van der Waals surface area contributed by atoms with Gasteiger partial charge in [-0.15, -0.1) is 12.4 Å². The van der Waals surface area contributed by atoms with Crippen LogP contribution in [0, 0.1) is 5.82 Å². The quantitative estimate of drug-likeness (QED) is 0.760. The predicted octanol–water partition coefficient (Wildman–Crippen LogP) is 3.04. The number of halogens is 4. The molecular weight excluding hydrogens is 406 g/mol. The van der Waals surface area contributed by atoms with Crippen LogP contribution < -0.4 is 5.32 Å². The summed E-state index contributed by atoms with van der Waals surface area (Å²) in [5, 5.41) is 3.14. The van der Waals surface area contributed by atoms with Gasteiger partial charge >= 0.3 is 0 Å². The minimum Gasteiger partial charge on any atom is -0.318 e. The average molecular weight is 422 g/mol. The second-order valence-corrected chi connectivity index (χ2v) is 7.79. The standard InChI is InChI=1S/C12H15BrClFN2O2S.ClH/c1-16-7-8-3-2-4-17(8)20(18,19)12-6-10(14)9(13)5-11(12)15;/h5-6,8,16H,2-4,7H2,1H3;1H. The van der Waals surface area contributed by atoms with Crippen molar-refractivity contribution in [3.63, 3.8) is 0 Å². The molecule has 1 aliphatic rings. The van der Waals surface area contributed by atoms with E-state index in [2.05, 4.69) is 21.2 Å². The van der Waals surface area contributed by atoms with Crippen molar-refractivity contribution < 1.29 is 12.8 Å². The Hall–Kier alpha value is 0.0800. The van der Waals surface area contributed by atoms with E-state index < -0.39 is 15.8 Å². The summed E-state index contributed by atoms with van der Waals surface area (Å²) >= 11 is 8.96. The number of rotatable bonds is 4. The Kier molecular flexibility index (Phi) is 6.89. The molecule has 0 saturated carbocycles. The summed E-state index contributed by atoms with van der Waals surface area (Å²) in [6.45, 7) is 0.951. The molecule has 1 saturated heterocycles. The van der Waals surface area contributed by atoms with E-state index in [4.69, 9.17) is 11.6 Å². The molecule has 1 aromatic carbocycles. The van der Waals surface area contributed by atoms with Gasteiger partial charge in [0.05, 0.1) is 5.02 Å². The number of likely N-dealkylation sites (N-methyl/N-ethyl adjacent to an activating group) is 1. The summed E-state index contributed by atoms with van der Waals surface area (Å²) < 4.78 is 40.8. The number of nitrogens with zero attached hydrogens (tertiary/aromatic N) is 1. The first-order valence-corrected chi connectivity index (χ1v) is 8.80. The summed E-state index contributed by atoms with van der Waals surface area (Å²) in [4.78, 5) is -0.367. The van der Waals surface area contributed by atoms with Gasteiger partial charge in [-0.3, -0.25) is 0 Å². The molecule has 0 aliphatic carbocycles. The van der Waals surface area contributed by atoms with Crippen LogP contribution in [0.3, 0.4) is 0 Å². The van der Waals surface area contributed by atoms with E-state index in [1.54, 1.807) is 7.05 Å². The lowest BCUT2D eigenvalue weighted by molar-refractivity contribution is 0.376. The normalized spacial score (nSPS) is 19.5. The van der Waals surface area contributed by atoms with Gasteiger partial charge in [0, 0.05) is 23.6 Å². The number of hydrogen-bond donors (Lipinski definition) is 1. The summed E-state index contributed by atoms with van der Waals surface area (Å²) in [6, 6.07) is 2.09. The smallest absolute Gasteiger partial charge is 0.246 e. The van der Waals surface area contributed by atoms with Crippen LogP contribution in [-0.4, -0.2) is 38.9 Å². The molecule has 0 radical (unpaired) electrons. The Bertz CT molecular complexity index is 616. The molecule has 0 spiro atoms. The van der Waals surface area contributed by atoms with Gasteiger partial charge in [0.1, 0.15) is 10.7 Å². The van der Waals surface area contributed by atoms with Crippen LogP contribution in [0.25, 0.3) is 0 Å². The molecule has 0 aromatic heterocycles. The van der Waals surface area contributed by atoms with E-state index in [1.807, 2.05) is 0 Å². The molecule has 0 amide bonds. The predicted molar refractivity (Wildman–Crippen MR) is 87.2 cm³/mol. The topological polar surface area (TPSA) is 49.4 Å². The minimum absolute atomic E-state index is 0. The van der Waals surface area contributed by atoms with Gasteiger partial charge in [0.15, 0.2) is 0 Å². The Balaban J connectivity index is 0.00000220. The van der Waals surface area contributed by atoms with Crippen molar-refractivity contribution in [3.05, 3.63) is 27.4 Å². The Labute approximate surface area is 143 Å². The second-order valence-electron chi connectivity index (χ2n) is 4.67. The highest BCUT2D eigenvalue weighted by Crippen LogP contribution is 2.32. The van der Waals surface area contributed by atoms with Gasteiger partial charge in [0.25, 0.3) is 0 Å². The van der Waals surface area contributed by atoms with Crippen molar-refractivity contribution in [2.75, 3.05) is 20.1 Å². The van der Waals surface area contributed by atoms with Crippen LogP contribution in [0.1, 0.15) is 12.8 Å². The lowest BCUT2D eigenvalue weighted by Gasteiger charge is -2.24. The Morgan fingerprint density at radius 2 is 2.19 bits per heavy atom. The van der Waals surface area contributed by atoms with E-state index in [0.717, 1.165) is 25.0 Å². The minimum atomic E-state index is -3.87. The highest BCUT2D eigenvalue weighted by atomic mass is 79.9. The van der Waals surface area contributed by atoms with Crippen molar-refractivity contribution in [2.24, 2.45) is 0 Å². The lowest BCUT2D eigenvalue weighted by Crippen LogP contribution is -2.41. The fourth-order valence-corrected chi connectivity index (χ4v) is 4.70. The van der Waals surface area contributed by atoms with Crippen LogP contribution in [0.2, 0.25) is 5.02 Å². The SMILES string of the molecule is CNCC1CCCN1S(=O)(=O)c1cc(Cl)c(Br)cc1F.Cl. The number of sulfonamides is 1. The molecule has 1 heterocycles. The third-order valence-electron chi connectivity index (χ3n) is 3.32. The van der Waals surface area contributed by atoms with E-state index in [0.29, 0.717) is 17.6 Å². The van der Waals surface area contributed by atoms with Crippen molar-refractivity contribution in [1.29, 1.82) is 0 Å². The van der Waals surface area contributed by atoms with Crippen LogP contribution in [-0.2, 0) is 10.0 Å². The summed E-state index contributed by atoms with van der Waals surface area (Å²) in [5.41, 5.74) is 0. The highest BCUT2D eigenvalue weighted by molar-refractivity contribution is 9.10. The maximum absolute atomic E-state index is 14.0. The zero-order valence-electron chi connectivity index (χ0n) is 11.3. The van der Waals surface area contributed by atoms with Crippen LogP contribution in [0.15, 0.2) is 21.5 Å². The van der Waals surface area contributed by atoms with Crippen LogP contribution in [0.5, 0.6) is 0 Å². The second kappa shape index (κ2) is 7.57. The maximum Gasteiger partial charge on any atom is 0.246 e. The van der Waals surface area contributed by atoms with E-state index in [9.17, 15) is 12.8 Å². The van der Waals surface area contributed by atoms with Crippen LogP contribution in [0.4, 0.5) is 4.39 Å². The first-order chi connectivity index (χ1) is 9.37. The van der Waals surface area contributed by atoms with E-state index in [-0.39, 0.29) is 28.4 Å². The molecule has 1 fully saturated rings. The third kappa shape index (κ3) is 3.89. The summed E-state index contributed by atoms with van der Waals surface area (Å²) in [5.74, 6) is -0.795. The Morgan fingerprint density at radius 3 is 2.81 bits per heavy atom. The van der Waals surface area contributed by atoms with Crippen molar-refractivity contribution in [1.82, 2.24) is 9.62 Å². The largest absolute Gasteiger partial charge is 0.318 e. The molecule has 21 heavy (non-hydrogen) atoms. The summed E-state index contributed by atoms with van der Waals surface area (Å²) in [6.07, 6.45) is 1.55. The monoisotopic (exact) mass is 420 g/mol. The third-order valence-corrected chi connectivity index (χ3v) is 6.49. The highest BCUT2D eigenvalue weighted by Gasteiger charge is 2.36. The van der Waals surface area contributed by atoms with Gasteiger partial charge in [-0.1, -0.05) is 11.6 Å². The molecule has 0 bridgehead atoms. The van der Waals surface area contributed by atoms with Gasteiger partial charge in [-0.05, 0) is 48.0 Å². The molecule has 1 atom stereocenters. The van der Waals surface area contributed by atoms with Crippen molar-refractivity contribution >= 4 is 50.0 Å². The fourth-order valence-electron chi connectivity index (χ4n) is 2.39. The lowest BCUT2D eigenvalue weighted by atomic mass is 10.2. The van der Waals surface area contributed by atoms with Crippen molar-refractivity contribution in [2.45, 2.75) is 23.8 Å². The van der Waals surface area contributed by atoms with Crippen LogP contribution >= 0.6 is 39.9 Å². The molecule has 4 nitrogen and oxygen atoms in total. The molecule has 120 valence electrons. The number of nitrogens with one attached hydrogen (secondary N) is 1. The van der Waals surface area contributed by atoms with Gasteiger partial charge in [0.2, 0.25) is 10.0 Å². The number of hydrogen-bond acceptors (Lipinski definition) is 3. The average Bonchev–Trinajstić information content (AvgIpc) is 2.83. The molecule has 9 heteroatoms. The molecule has 1 N–H and O–H groups in total. The summed E-state index contributed by atoms with van der Waals surface area (Å²) in [7, 11) is -2.10. The van der Waals surface area contributed by atoms with Crippen molar-refractivity contribution in [3.8, 4) is 0 Å². The van der Waals surface area contributed by atoms with E-state index in [1.165, 1.54) is 4.31 Å².